The van der Waals surface area contributed by atoms with Crippen molar-refractivity contribution in [2.45, 2.75) is 85.7 Å². The third-order valence-corrected chi connectivity index (χ3v) is 5.32. The molecule has 0 aromatic heterocycles. The molecule has 2 atom stereocenters. The molecule has 2 aliphatic rings. The quantitative estimate of drug-likeness (QED) is 0.773. The van der Waals surface area contributed by atoms with Gasteiger partial charge in [-0.25, -0.2) is 0 Å². The zero-order valence-electron chi connectivity index (χ0n) is 18.2. The minimum Gasteiger partial charge on any atom is -0.308 e. The fraction of sp³-hybridized carbons (Fsp3) is 0.619. The number of nitrogens with zero attached hydrogens (tertiary/aromatic N) is 6. The smallest absolute Gasteiger partial charge is 0.121 e. The highest BCUT2D eigenvalue weighted by Crippen LogP contribution is 2.36. The molecule has 0 N–H and O–H groups in total. The zero-order valence-corrected chi connectivity index (χ0v) is 18.2. The Kier molecular flexibility index (Phi) is 4.65. The average Bonchev–Trinajstić information content (AvgIpc) is 3.10. The summed E-state index contributed by atoms with van der Waals surface area (Å²) >= 11 is 0. The minimum atomic E-state index is -0.0144. The van der Waals surface area contributed by atoms with E-state index in [0.717, 1.165) is 0 Å². The lowest BCUT2D eigenvalue weighted by Gasteiger charge is -2.38. The van der Waals surface area contributed by atoms with Crippen LogP contribution in [0.25, 0.3) is 0 Å². The van der Waals surface area contributed by atoms with E-state index in [-0.39, 0.29) is 23.4 Å². The van der Waals surface area contributed by atoms with Crippen LogP contribution in [-0.4, -0.2) is 46.1 Å². The van der Waals surface area contributed by atoms with E-state index in [9.17, 15) is 0 Å². The molecule has 0 bridgehead atoms. The van der Waals surface area contributed by atoms with Crippen molar-refractivity contribution in [3.05, 3.63) is 23.8 Å². The van der Waals surface area contributed by atoms with E-state index in [1.54, 1.807) is 0 Å². The van der Waals surface area contributed by atoms with Crippen LogP contribution < -0.4 is 9.80 Å². The third-order valence-electron chi connectivity index (χ3n) is 5.32. The highest BCUT2D eigenvalue weighted by Gasteiger charge is 2.36. The zero-order chi connectivity index (χ0) is 20.1. The Morgan fingerprint density at radius 1 is 0.741 bits per heavy atom. The van der Waals surface area contributed by atoms with Gasteiger partial charge in [0.1, 0.15) is 25.0 Å². The molecule has 0 spiro atoms. The Morgan fingerprint density at radius 2 is 1.11 bits per heavy atom. The summed E-state index contributed by atoms with van der Waals surface area (Å²) in [7, 11) is 0. The van der Waals surface area contributed by atoms with Crippen LogP contribution in [0, 0.1) is 6.92 Å². The lowest BCUT2D eigenvalue weighted by Crippen LogP contribution is -2.47. The van der Waals surface area contributed by atoms with Crippen molar-refractivity contribution < 1.29 is 0 Å². The van der Waals surface area contributed by atoms with Gasteiger partial charge in [0.25, 0.3) is 0 Å². The van der Waals surface area contributed by atoms with Gasteiger partial charge in [-0.3, -0.25) is 10.0 Å². The molecule has 148 valence electrons. The molecule has 0 saturated heterocycles. The molecule has 0 fully saturated rings. The fourth-order valence-corrected chi connectivity index (χ4v) is 4.01. The molecule has 2 heterocycles. The van der Waals surface area contributed by atoms with Crippen molar-refractivity contribution in [1.82, 2.24) is 10.0 Å². The summed E-state index contributed by atoms with van der Waals surface area (Å²) in [4.78, 5) is 4.51. The van der Waals surface area contributed by atoms with Gasteiger partial charge in [-0.15, -0.1) is 0 Å². The van der Waals surface area contributed by atoms with Gasteiger partial charge in [0.15, 0.2) is 0 Å². The number of hydrogen-bond donors (Lipinski definition) is 0. The molecule has 6 heteroatoms. The van der Waals surface area contributed by atoms with Crippen LogP contribution in [0.4, 0.5) is 11.4 Å². The van der Waals surface area contributed by atoms with Crippen molar-refractivity contribution in [3.63, 3.8) is 0 Å². The Hall–Kier alpha value is -2.24. The molecular weight excluding hydrogens is 336 g/mol. The lowest BCUT2D eigenvalue weighted by molar-refractivity contribution is 0.114. The van der Waals surface area contributed by atoms with E-state index in [1.165, 1.54) is 16.9 Å². The van der Waals surface area contributed by atoms with Crippen LogP contribution >= 0.6 is 0 Å². The molecule has 3 rings (SSSR count). The highest BCUT2D eigenvalue weighted by molar-refractivity contribution is 5.89. The van der Waals surface area contributed by atoms with Crippen molar-refractivity contribution in [3.8, 4) is 0 Å². The third kappa shape index (κ3) is 3.37. The number of rotatable bonds is 2. The molecule has 0 radical (unpaired) electrons. The minimum absolute atomic E-state index is 0.0144. The predicted molar refractivity (Wildman–Crippen MR) is 115 cm³/mol. The van der Waals surface area contributed by atoms with E-state index < -0.39 is 0 Å². The summed E-state index contributed by atoms with van der Waals surface area (Å²) in [5.74, 6) is 0. The van der Waals surface area contributed by atoms with E-state index in [1.807, 2.05) is 12.7 Å². The first kappa shape index (κ1) is 19.5. The molecular formula is C21H34N6. The first-order valence-corrected chi connectivity index (χ1v) is 9.76. The molecule has 1 aromatic carbocycles. The Morgan fingerprint density at radius 3 is 1.41 bits per heavy atom. The van der Waals surface area contributed by atoms with Gasteiger partial charge in [0.05, 0.1) is 11.1 Å². The molecule has 6 nitrogen and oxygen atoms in total. The molecule has 27 heavy (non-hydrogen) atoms. The second kappa shape index (κ2) is 6.43. The molecule has 0 amide bonds. The normalized spacial score (nSPS) is 23.1. The molecule has 0 saturated carbocycles. The van der Waals surface area contributed by atoms with Crippen LogP contribution in [0.2, 0.25) is 0 Å². The SMILES string of the molecule is Cc1c(N2C=NN(C(C)(C)C)[C@@H]2C)cccc1N1C=NN(C(C)(C)C)[C@H]1C. The number of hydrogen-bond acceptors (Lipinski definition) is 6. The van der Waals surface area contributed by atoms with Crippen LogP contribution in [0.5, 0.6) is 0 Å². The summed E-state index contributed by atoms with van der Waals surface area (Å²) in [6.45, 7) is 19.7. The summed E-state index contributed by atoms with van der Waals surface area (Å²) in [5.41, 5.74) is 3.58. The second-order valence-electron chi connectivity index (χ2n) is 9.49. The van der Waals surface area contributed by atoms with Crippen molar-refractivity contribution in [2.24, 2.45) is 10.2 Å². The Labute approximate surface area is 164 Å². The number of benzene rings is 1. The first-order chi connectivity index (χ1) is 12.4. The standard InChI is InChI=1S/C21H34N6/c1-15-18(24-13-22-26(16(24)2)20(4,5)6)11-10-12-19(15)25-14-23-27(17(25)3)21(7,8)9/h10-14,16-17H,1-9H3/t16-,17+. The predicted octanol–water partition coefficient (Wildman–Crippen LogP) is 4.41. The van der Waals surface area contributed by atoms with Gasteiger partial charge in [0, 0.05) is 11.4 Å². The number of hydrazone groups is 2. The Bertz CT molecular complexity index is 695. The van der Waals surface area contributed by atoms with E-state index in [0.29, 0.717) is 0 Å². The van der Waals surface area contributed by atoms with Crippen molar-refractivity contribution >= 4 is 24.1 Å². The monoisotopic (exact) mass is 370 g/mol. The van der Waals surface area contributed by atoms with E-state index >= 15 is 0 Å². The maximum absolute atomic E-state index is 4.66. The van der Waals surface area contributed by atoms with Crippen LogP contribution in [0.1, 0.15) is 61.0 Å². The van der Waals surface area contributed by atoms with E-state index in [4.69, 9.17) is 0 Å². The highest BCUT2D eigenvalue weighted by atomic mass is 15.6. The topological polar surface area (TPSA) is 37.7 Å². The molecule has 2 aliphatic heterocycles. The van der Waals surface area contributed by atoms with E-state index in [2.05, 4.69) is 111 Å². The first-order valence-electron chi connectivity index (χ1n) is 9.76. The molecule has 1 aromatic rings. The van der Waals surface area contributed by atoms with Crippen LogP contribution in [0.3, 0.4) is 0 Å². The van der Waals surface area contributed by atoms with Gasteiger partial charge in [-0.2, -0.15) is 10.2 Å². The van der Waals surface area contributed by atoms with Gasteiger partial charge in [-0.1, -0.05) is 6.07 Å². The maximum atomic E-state index is 4.66. The second-order valence-corrected chi connectivity index (χ2v) is 9.49. The summed E-state index contributed by atoms with van der Waals surface area (Å²) in [6, 6.07) is 6.47. The number of anilines is 2. The van der Waals surface area contributed by atoms with Gasteiger partial charge in [-0.05, 0) is 80.0 Å². The summed E-state index contributed by atoms with van der Waals surface area (Å²) < 4.78 is 0. The van der Waals surface area contributed by atoms with Gasteiger partial charge >= 0.3 is 0 Å². The fourth-order valence-electron chi connectivity index (χ4n) is 4.01. The van der Waals surface area contributed by atoms with Crippen molar-refractivity contribution in [2.75, 3.05) is 9.80 Å². The molecule has 0 unspecified atom stereocenters. The van der Waals surface area contributed by atoms with Crippen molar-refractivity contribution in [1.29, 1.82) is 0 Å². The molecule has 0 aliphatic carbocycles. The average molecular weight is 371 g/mol. The van der Waals surface area contributed by atoms with Gasteiger partial charge < -0.3 is 9.80 Å². The van der Waals surface area contributed by atoms with Crippen LogP contribution in [-0.2, 0) is 0 Å². The lowest BCUT2D eigenvalue weighted by atomic mass is 10.1. The van der Waals surface area contributed by atoms with Crippen LogP contribution in [0.15, 0.2) is 28.4 Å². The largest absolute Gasteiger partial charge is 0.308 e. The van der Waals surface area contributed by atoms with Gasteiger partial charge in [0.2, 0.25) is 0 Å². The summed E-state index contributed by atoms with van der Waals surface area (Å²) in [6.07, 6.45) is 4.25. The Balaban J connectivity index is 1.91. The summed E-state index contributed by atoms with van der Waals surface area (Å²) in [5, 5.41) is 13.6. The maximum Gasteiger partial charge on any atom is 0.121 e.